The Kier molecular flexibility index (Phi) is 4.48. The van der Waals surface area contributed by atoms with Crippen molar-refractivity contribution in [2.75, 3.05) is 26.7 Å². The average Bonchev–Trinajstić information content (AvgIpc) is 3.33. The summed E-state index contributed by atoms with van der Waals surface area (Å²) in [5, 5.41) is 2.09. The van der Waals surface area contributed by atoms with Crippen molar-refractivity contribution in [2.24, 2.45) is 0 Å². The Labute approximate surface area is 164 Å². The Balaban J connectivity index is 1.34. The molecule has 0 saturated carbocycles. The predicted molar refractivity (Wildman–Crippen MR) is 106 cm³/mol. The van der Waals surface area contributed by atoms with Crippen molar-refractivity contribution in [3.05, 3.63) is 44.7 Å². The van der Waals surface area contributed by atoms with Gasteiger partial charge in [-0.3, -0.25) is 4.79 Å². The van der Waals surface area contributed by atoms with Gasteiger partial charge in [-0.1, -0.05) is 0 Å². The van der Waals surface area contributed by atoms with Gasteiger partial charge in [-0.05, 0) is 51.3 Å². The standard InChI is InChI=1S/C21H26N4OS/c1-24-8-6-14(11-24)20-22-10-15-12-25(9-7-18(15)23-20)21(26)17-13-27-19-5-3-2-4-16(17)19/h10,13-14H,2-9,11-12H2,1H3. The first-order chi connectivity index (χ1) is 13.2. The van der Waals surface area contributed by atoms with Crippen LogP contribution in [0.4, 0.5) is 0 Å². The highest BCUT2D eigenvalue weighted by Gasteiger charge is 2.29. The van der Waals surface area contributed by atoms with Crippen LogP contribution < -0.4 is 0 Å². The van der Waals surface area contributed by atoms with Gasteiger partial charge in [0, 0.05) is 54.0 Å². The Bertz CT molecular complexity index is 877. The van der Waals surface area contributed by atoms with Gasteiger partial charge in [0.25, 0.3) is 5.91 Å². The van der Waals surface area contributed by atoms with Gasteiger partial charge in [0.05, 0.1) is 11.3 Å². The fourth-order valence-corrected chi connectivity index (χ4v) is 5.81. The summed E-state index contributed by atoms with van der Waals surface area (Å²) in [6, 6.07) is 0. The number of rotatable bonds is 2. The van der Waals surface area contributed by atoms with Gasteiger partial charge in [0.15, 0.2) is 0 Å². The third-order valence-corrected chi connectivity index (χ3v) is 7.38. The van der Waals surface area contributed by atoms with E-state index in [1.165, 1.54) is 23.3 Å². The highest BCUT2D eigenvalue weighted by molar-refractivity contribution is 7.10. The summed E-state index contributed by atoms with van der Waals surface area (Å²) in [7, 11) is 2.16. The molecule has 4 heterocycles. The van der Waals surface area contributed by atoms with Gasteiger partial charge in [0.2, 0.25) is 0 Å². The van der Waals surface area contributed by atoms with Crippen LogP contribution in [0.25, 0.3) is 0 Å². The molecule has 1 aliphatic carbocycles. The van der Waals surface area contributed by atoms with E-state index in [1.54, 1.807) is 11.3 Å². The van der Waals surface area contributed by atoms with Crippen LogP contribution >= 0.6 is 11.3 Å². The molecule has 6 heteroatoms. The SMILES string of the molecule is CN1CCC(c2ncc3c(n2)CCN(C(=O)c2csc4c2CCCC4)C3)C1. The maximum Gasteiger partial charge on any atom is 0.255 e. The molecule has 1 saturated heterocycles. The third kappa shape index (κ3) is 3.19. The number of aromatic nitrogens is 2. The van der Waals surface area contributed by atoms with Crippen LogP contribution in [-0.2, 0) is 25.8 Å². The first-order valence-electron chi connectivity index (χ1n) is 10.1. The lowest BCUT2D eigenvalue weighted by molar-refractivity contribution is 0.0732. The number of hydrogen-bond acceptors (Lipinski definition) is 5. The minimum atomic E-state index is 0.196. The van der Waals surface area contributed by atoms with Crippen LogP contribution in [0.3, 0.4) is 0 Å². The van der Waals surface area contributed by atoms with Crippen molar-refractivity contribution >= 4 is 17.2 Å². The second-order valence-electron chi connectivity index (χ2n) is 8.18. The zero-order valence-electron chi connectivity index (χ0n) is 15.9. The van der Waals surface area contributed by atoms with Gasteiger partial charge in [0.1, 0.15) is 5.82 Å². The number of carbonyl (C=O) groups excluding carboxylic acids is 1. The highest BCUT2D eigenvalue weighted by atomic mass is 32.1. The Morgan fingerprint density at radius 3 is 2.96 bits per heavy atom. The van der Waals surface area contributed by atoms with Gasteiger partial charge >= 0.3 is 0 Å². The molecule has 142 valence electrons. The minimum Gasteiger partial charge on any atom is -0.334 e. The normalized spacial score (nSPS) is 22.6. The molecule has 2 aromatic rings. The van der Waals surface area contributed by atoms with E-state index >= 15 is 0 Å². The summed E-state index contributed by atoms with van der Waals surface area (Å²) in [6.45, 7) is 3.58. The highest BCUT2D eigenvalue weighted by Crippen LogP contribution is 2.32. The molecule has 2 aromatic heterocycles. The van der Waals surface area contributed by atoms with E-state index in [4.69, 9.17) is 4.98 Å². The molecular weight excluding hydrogens is 356 g/mol. The number of likely N-dealkylation sites (N-methyl/N-ethyl adjacent to an activating group) is 1. The lowest BCUT2D eigenvalue weighted by Crippen LogP contribution is -2.37. The molecule has 0 radical (unpaired) electrons. The third-order valence-electron chi connectivity index (χ3n) is 6.29. The number of likely N-dealkylation sites (tertiary alicyclic amines) is 1. The lowest BCUT2D eigenvalue weighted by Gasteiger charge is -2.29. The van der Waals surface area contributed by atoms with Crippen LogP contribution in [0.5, 0.6) is 0 Å². The molecule has 1 fully saturated rings. The molecule has 5 rings (SSSR count). The van der Waals surface area contributed by atoms with Gasteiger partial charge in [-0.25, -0.2) is 9.97 Å². The van der Waals surface area contributed by atoms with Crippen molar-refractivity contribution in [3.8, 4) is 0 Å². The van der Waals surface area contributed by atoms with E-state index in [0.717, 1.165) is 68.0 Å². The molecule has 27 heavy (non-hydrogen) atoms. The van der Waals surface area contributed by atoms with Crippen LogP contribution in [0.15, 0.2) is 11.6 Å². The Hall–Kier alpha value is -1.79. The van der Waals surface area contributed by atoms with Crippen molar-refractivity contribution < 1.29 is 4.79 Å². The number of aryl methyl sites for hydroxylation is 1. The molecule has 1 atom stereocenters. The van der Waals surface area contributed by atoms with Crippen molar-refractivity contribution in [2.45, 2.75) is 51.0 Å². The van der Waals surface area contributed by atoms with Crippen molar-refractivity contribution in [1.82, 2.24) is 19.8 Å². The molecular formula is C21H26N4OS. The van der Waals surface area contributed by atoms with Crippen molar-refractivity contribution in [1.29, 1.82) is 0 Å². The molecule has 0 aromatic carbocycles. The predicted octanol–water partition coefficient (Wildman–Crippen LogP) is 3.03. The molecule has 0 spiro atoms. The van der Waals surface area contributed by atoms with E-state index in [2.05, 4.69) is 22.3 Å². The largest absolute Gasteiger partial charge is 0.334 e. The second kappa shape index (κ2) is 6.99. The molecule has 2 aliphatic heterocycles. The van der Waals surface area contributed by atoms with E-state index in [9.17, 15) is 4.79 Å². The number of thiophene rings is 1. The number of carbonyl (C=O) groups is 1. The Morgan fingerprint density at radius 1 is 1.22 bits per heavy atom. The van der Waals surface area contributed by atoms with Crippen LogP contribution in [0.1, 0.15) is 63.1 Å². The lowest BCUT2D eigenvalue weighted by atomic mass is 9.95. The van der Waals surface area contributed by atoms with E-state index in [1.807, 2.05) is 11.1 Å². The molecule has 3 aliphatic rings. The van der Waals surface area contributed by atoms with Crippen molar-refractivity contribution in [3.63, 3.8) is 0 Å². The zero-order chi connectivity index (χ0) is 18.4. The van der Waals surface area contributed by atoms with E-state index < -0.39 is 0 Å². The van der Waals surface area contributed by atoms with E-state index in [-0.39, 0.29) is 5.91 Å². The molecule has 0 bridgehead atoms. The summed E-state index contributed by atoms with van der Waals surface area (Å²) in [4.78, 5) is 28.4. The van der Waals surface area contributed by atoms with Crippen LogP contribution in [0.2, 0.25) is 0 Å². The minimum absolute atomic E-state index is 0.196. The zero-order valence-corrected chi connectivity index (χ0v) is 16.7. The molecule has 5 nitrogen and oxygen atoms in total. The smallest absolute Gasteiger partial charge is 0.255 e. The Morgan fingerprint density at radius 2 is 2.11 bits per heavy atom. The van der Waals surface area contributed by atoms with Gasteiger partial charge in [-0.15, -0.1) is 11.3 Å². The van der Waals surface area contributed by atoms with Crippen LogP contribution in [0, 0.1) is 0 Å². The molecule has 0 N–H and O–H groups in total. The molecule has 1 amide bonds. The number of fused-ring (bicyclic) bond motifs is 2. The average molecular weight is 383 g/mol. The van der Waals surface area contributed by atoms with Crippen LogP contribution in [-0.4, -0.2) is 52.4 Å². The summed E-state index contributed by atoms with van der Waals surface area (Å²) < 4.78 is 0. The first kappa shape index (κ1) is 17.3. The monoisotopic (exact) mass is 382 g/mol. The summed E-state index contributed by atoms with van der Waals surface area (Å²) in [5.74, 6) is 1.64. The first-order valence-corrected chi connectivity index (χ1v) is 11.0. The van der Waals surface area contributed by atoms with Gasteiger partial charge < -0.3 is 9.80 Å². The summed E-state index contributed by atoms with van der Waals surface area (Å²) >= 11 is 1.77. The maximum atomic E-state index is 13.1. The second-order valence-corrected chi connectivity index (χ2v) is 9.15. The fraction of sp³-hybridized carbons (Fsp3) is 0.571. The summed E-state index contributed by atoms with van der Waals surface area (Å²) in [6.07, 6.45) is 8.62. The number of amides is 1. The van der Waals surface area contributed by atoms with E-state index in [0.29, 0.717) is 12.5 Å². The van der Waals surface area contributed by atoms with Gasteiger partial charge in [-0.2, -0.15) is 0 Å². The quantitative estimate of drug-likeness (QED) is 0.801. The fourth-order valence-electron chi connectivity index (χ4n) is 4.69. The molecule has 1 unspecified atom stereocenters. The number of hydrogen-bond donors (Lipinski definition) is 0. The number of nitrogens with zero attached hydrogens (tertiary/aromatic N) is 4. The summed E-state index contributed by atoms with van der Waals surface area (Å²) in [5.41, 5.74) is 4.53. The topological polar surface area (TPSA) is 49.3 Å². The maximum absolute atomic E-state index is 13.1.